The third-order valence-electron chi connectivity index (χ3n) is 6.75. The molecule has 0 unspecified atom stereocenters. The number of urea groups is 1. The van der Waals surface area contributed by atoms with Crippen molar-refractivity contribution in [1.29, 1.82) is 0 Å². The number of anilines is 1. The molecule has 4 aromatic rings. The molecule has 5 rings (SSSR count). The number of halogens is 3. The first-order valence-corrected chi connectivity index (χ1v) is 16.5. The zero-order valence-corrected chi connectivity index (χ0v) is 27.8. The second-order valence-corrected chi connectivity index (χ2v) is 12.9. The molecule has 1 fully saturated rings. The first kappa shape index (κ1) is 33.8. The molecule has 0 atom stereocenters. The molecule has 1 N–H and O–H groups in total. The van der Waals surface area contributed by atoms with Gasteiger partial charge in [0.25, 0.3) is 11.8 Å². The number of nitrogens with one attached hydrogen (secondary N) is 1. The summed E-state index contributed by atoms with van der Waals surface area (Å²) >= 11 is 18.6. The Morgan fingerprint density at radius 2 is 1.55 bits per heavy atom. The molecular formula is C33H25Cl3N2O8S. The summed E-state index contributed by atoms with van der Waals surface area (Å²) in [5, 5.41) is 2.93. The van der Waals surface area contributed by atoms with Crippen LogP contribution in [-0.2, 0) is 26.3 Å². The highest BCUT2D eigenvalue weighted by atomic mass is 35.5. The van der Waals surface area contributed by atoms with Crippen molar-refractivity contribution in [3.05, 3.63) is 116 Å². The minimum Gasteiger partial charge on any atom is -0.490 e. The Bertz CT molecular complexity index is 2020. The number of hydrogen-bond donors (Lipinski definition) is 1. The monoisotopic (exact) mass is 714 g/mol. The highest BCUT2D eigenvalue weighted by molar-refractivity contribution is 7.87. The van der Waals surface area contributed by atoms with Crippen LogP contribution in [0.5, 0.6) is 17.2 Å². The lowest BCUT2D eigenvalue weighted by Crippen LogP contribution is -2.54. The number of hydrogen-bond acceptors (Lipinski definition) is 8. The van der Waals surface area contributed by atoms with Crippen LogP contribution in [-0.4, -0.2) is 32.9 Å². The number of imide groups is 2. The molecule has 0 aromatic heterocycles. The molecule has 0 saturated carbocycles. The summed E-state index contributed by atoms with van der Waals surface area (Å²) < 4.78 is 42.6. The second-order valence-electron chi connectivity index (χ2n) is 10.1. The van der Waals surface area contributed by atoms with E-state index < -0.39 is 28.0 Å². The smallest absolute Gasteiger partial charge is 0.339 e. The van der Waals surface area contributed by atoms with E-state index in [0.717, 1.165) is 10.5 Å². The van der Waals surface area contributed by atoms with Gasteiger partial charge in [-0.1, -0.05) is 58.6 Å². The number of carbonyl (C=O) groups is 3. The fraction of sp³-hybridized carbons (Fsp3) is 0.121. The Hall–Kier alpha value is -4.55. The number of aryl methyl sites for hydroxylation is 1. The zero-order valence-electron chi connectivity index (χ0n) is 24.8. The Morgan fingerprint density at radius 1 is 0.851 bits per heavy atom. The first-order valence-electron chi connectivity index (χ1n) is 13.9. The van der Waals surface area contributed by atoms with E-state index in [1.165, 1.54) is 42.5 Å². The molecule has 0 bridgehead atoms. The number of nitrogens with zero attached hydrogens (tertiary/aromatic N) is 1. The van der Waals surface area contributed by atoms with Crippen molar-refractivity contribution < 1.29 is 36.5 Å². The van der Waals surface area contributed by atoms with Crippen LogP contribution in [0, 0.1) is 6.92 Å². The largest absolute Gasteiger partial charge is 0.490 e. The van der Waals surface area contributed by atoms with Gasteiger partial charge in [0.15, 0.2) is 5.75 Å². The molecule has 242 valence electrons. The van der Waals surface area contributed by atoms with Gasteiger partial charge in [-0.15, -0.1) is 0 Å². The van der Waals surface area contributed by atoms with Crippen molar-refractivity contribution in [3.8, 4) is 17.2 Å². The number of ether oxygens (including phenoxy) is 2. The van der Waals surface area contributed by atoms with Crippen molar-refractivity contribution in [3.63, 3.8) is 0 Å². The maximum absolute atomic E-state index is 13.5. The number of benzene rings is 4. The summed E-state index contributed by atoms with van der Waals surface area (Å²) in [5.74, 6) is -1.73. The Kier molecular flexibility index (Phi) is 10.1. The van der Waals surface area contributed by atoms with E-state index in [1.54, 1.807) is 49.4 Å². The van der Waals surface area contributed by atoms with Crippen LogP contribution in [0.4, 0.5) is 10.5 Å². The highest BCUT2D eigenvalue weighted by Crippen LogP contribution is 2.39. The average molecular weight is 716 g/mol. The van der Waals surface area contributed by atoms with Crippen LogP contribution in [0.15, 0.2) is 89.3 Å². The number of carbonyl (C=O) groups excluding carboxylic acids is 3. The van der Waals surface area contributed by atoms with E-state index in [0.29, 0.717) is 21.4 Å². The summed E-state index contributed by atoms with van der Waals surface area (Å²) in [6.07, 6.45) is 1.21. The van der Waals surface area contributed by atoms with Gasteiger partial charge in [-0.3, -0.25) is 14.9 Å². The van der Waals surface area contributed by atoms with Gasteiger partial charge in [-0.05, 0) is 86.2 Å². The van der Waals surface area contributed by atoms with E-state index in [9.17, 15) is 22.8 Å². The minimum atomic E-state index is -4.28. The topological polar surface area (TPSA) is 128 Å². The molecule has 0 aliphatic carbocycles. The summed E-state index contributed by atoms with van der Waals surface area (Å²) in [7, 11) is -4.28. The third-order valence-corrected chi connectivity index (χ3v) is 8.85. The van der Waals surface area contributed by atoms with Gasteiger partial charge in [-0.25, -0.2) is 9.69 Å². The SMILES string of the molecule is CCOc1cc(/C=C2\C(=O)NC(=O)N(c3ccc(OCc4ccc(Cl)cc4Cl)cc3)C2=O)cc(Cl)c1OS(=O)(=O)c1ccc(C)cc1. The second kappa shape index (κ2) is 14.1. The van der Waals surface area contributed by atoms with Crippen molar-refractivity contribution in [1.82, 2.24) is 5.32 Å². The van der Waals surface area contributed by atoms with E-state index in [4.69, 9.17) is 48.5 Å². The van der Waals surface area contributed by atoms with Gasteiger partial charge >= 0.3 is 16.1 Å². The molecule has 10 nitrogen and oxygen atoms in total. The van der Waals surface area contributed by atoms with Gasteiger partial charge in [0.2, 0.25) is 5.75 Å². The van der Waals surface area contributed by atoms with Gasteiger partial charge in [-0.2, -0.15) is 8.42 Å². The van der Waals surface area contributed by atoms with Gasteiger partial charge in [0.05, 0.1) is 17.3 Å². The molecule has 1 aliphatic rings. The molecule has 0 radical (unpaired) electrons. The first-order chi connectivity index (χ1) is 22.4. The van der Waals surface area contributed by atoms with Gasteiger partial charge in [0, 0.05) is 15.6 Å². The summed E-state index contributed by atoms with van der Waals surface area (Å²) in [4.78, 5) is 39.7. The van der Waals surface area contributed by atoms with Gasteiger partial charge < -0.3 is 13.7 Å². The average Bonchev–Trinajstić information content (AvgIpc) is 3.01. The Morgan fingerprint density at radius 3 is 2.21 bits per heavy atom. The maximum atomic E-state index is 13.5. The molecule has 1 saturated heterocycles. The maximum Gasteiger partial charge on any atom is 0.339 e. The lowest BCUT2D eigenvalue weighted by atomic mass is 10.1. The van der Waals surface area contributed by atoms with Gasteiger partial charge in [0.1, 0.15) is 22.8 Å². The molecule has 1 heterocycles. The zero-order chi connectivity index (χ0) is 33.9. The highest BCUT2D eigenvalue weighted by Gasteiger charge is 2.37. The number of rotatable bonds is 10. The standard InChI is InChI=1S/C33H25Cl3N2O8S/c1-3-44-29-16-20(15-28(36)30(29)46-47(42,43)25-12-4-19(2)5-13-25)14-26-31(39)37-33(41)38(32(26)40)23-8-10-24(11-9-23)45-18-21-6-7-22(34)17-27(21)35/h4-17H,3,18H2,1-2H3,(H,37,39,41)/b26-14+. The molecular weight excluding hydrogens is 691 g/mol. The molecule has 0 spiro atoms. The molecule has 47 heavy (non-hydrogen) atoms. The predicted octanol–water partition coefficient (Wildman–Crippen LogP) is 7.37. The van der Waals surface area contributed by atoms with E-state index >= 15 is 0 Å². The van der Waals surface area contributed by atoms with Crippen molar-refractivity contribution in [2.24, 2.45) is 0 Å². The van der Waals surface area contributed by atoms with Crippen LogP contribution in [0.1, 0.15) is 23.6 Å². The van der Waals surface area contributed by atoms with Crippen LogP contribution >= 0.6 is 34.8 Å². The normalized spacial score (nSPS) is 14.3. The molecule has 4 amide bonds. The van der Waals surface area contributed by atoms with Crippen LogP contribution in [0.25, 0.3) is 6.08 Å². The Balaban J connectivity index is 1.39. The van der Waals surface area contributed by atoms with Crippen molar-refractivity contribution in [2.45, 2.75) is 25.3 Å². The number of barbiturate groups is 1. The minimum absolute atomic E-state index is 0.0467. The van der Waals surface area contributed by atoms with Crippen molar-refractivity contribution >= 4 is 74.5 Å². The Labute approximate surface area is 285 Å². The molecule has 14 heteroatoms. The summed E-state index contributed by atoms with van der Waals surface area (Å²) in [6.45, 7) is 3.75. The van der Waals surface area contributed by atoms with Crippen molar-refractivity contribution in [2.75, 3.05) is 11.5 Å². The fourth-order valence-electron chi connectivity index (χ4n) is 4.43. The molecule has 4 aromatic carbocycles. The third kappa shape index (κ3) is 7.71. The lowest BCUT2D eigenvalue weighted by molar-refractivity contribution is -0.122. The summed E-state index contributed by atoms with van der Waals surface area (Å²) in [5.41, 5.74) is 1.55. The quantitative estimate of drug-likeness (QED) is 0.102. The van der Waals surface area contributed by atoms with Crippen LogP contribution in [0.3, 0.4) is 0 Å². The van der Waals surface area contributed by atoms with E-state index in [2.05, 4.69) is 5.32 Å². The molecule has 1 aliphatic heterocycles. The van der Waals surface area contributed by atoms with Crippen LogP contribution < -0.4 is 23.9 Å². The van der Waals surface area contributed by atoms with Crippen LogP contribution in [0.2, 0.25) is 15.1 Å². The summed E-state index contributed by atoms with van der Waals surface area (Å²) in [6, 6.07) is 18.9. The van der Waals surface area contributed by atoms with E-state index in [1.807, 2.05) is 6.92 Å². The predicted molar refractivity (Wildman–Crippen MR) is 178 cm³/mol. The van der Waals surface area contributed by atoms with E-state index in [-0.39, 0.29) is 51.5 Å². The lowest BCUT2D eigenvalue weighted by Gasteiger charge is -2.26. The fourth-order valence-corrected chi connectivity index (χ4v) is 6.15. The number of amides is 4.